The van der Waals surface area contributed by atoms with E-state index in [4.69, 9.17) is 46.5 Å². The molecule has 0 spiro atoms. The lowest BCUT2D eigenvalue weighted by Crippen LogP contribution is -2.34. The summed E-state index contributed by atoms with van der Waals surface area (Å²) in [5.41, 5.74) is -2.60. The van der Waals surface area contributed by atoms with Crippen LogP contribution in [-0.4, -0.2) is 142 Å². The van der Waals surface area contributed by atoms with Crippen LogP contribution in [0.1, 0.15) is 87.6 Å². The Hall–Kier alpha value is -4.09. The van der Waals surface area contributed by atoms with Gasteiger partial charge in [0.15, 0.2) is 0 Å². The number of ether oxygens (including phenoxy) is 6. The van der Waals surface area contributed by atoms with Crippen LogP contribution < -0.4 is 37.6 Å². The summed E-state index contributed by atoms with van der Waals surface area (Å²) in [7, 11) is -10.5. The number of aromatic amines is 2. The Morgan fingerprint density at radius 3 is 1.94 bits per heavy atom. The third kappa shape index (κ3) is 19.7. The molecule has 2 aliphatic heterocycles. The van der Waals surface area contributed by atoms with Crippen molar-refractivity contribution < 1.29 is 75.3 Å². The number of rotatable bonds is 34. The minimum Gasteiger partial charge on any atom is -0.756 e. The molecule has 30 heteroatoms. The van der Waals surface area contributed by atoms with E-state index >= 15 is 0 Å². The van der Waals surface area contributed by atoms with Crippen LogP contribution in [0.3, 0.4) is 0 Å². The van der Waals surface area contributed by atoms with Crippen molar-refractivity contribution in [3.05, 3.63) is 77.1 Å². The number of aromatic nitrogens is 7. The number of hydrogen-bond acceptors (Lipinski definition) is 22. The van der Waals surface area contributed by atoms with Gasteiger partial charge in [-0.1, -0.05) is 37.8 Å². The van der Waals surface area contributed by atoms with Crippen molar-refractivity contribution in [2.75, 3.05) is 72.6 Å². The summed E-state index contributed by atoms with van der Waals surface area (Å²) in [5, 5.41) is 21.3. The van der Waals surface area contributed by atoms with Gasteiger partial charge in [-0.25, -0.2) is 14.3 Å². The summed E-state index contributed by atoms with van der Waals surface area (Å²) >= 11 is 0. The predicted molar refractivity (Wildman–Crippen MR) is 242 cm³/mol. The standard InChI is InChI=1S/C41H66N8O20P2/c1-4-5-6-7-8-10-42-35(51)9-12-60-14-16-62-18-19-63-17-15-61-13-11-47-24-30(45-46-47)25-64-70(56,57)65-27-34-32(21-37(68-34)49-23-29(3)39(53)44-41(49)55)69-71(58,59)66-26-33-31(50)20-36(67-33)48-22-28(2)38(52)43-40(48)54/h22-24,31-34,36-37,50H,4-21,25-27H2,1-3H3,(H,42,51)(H,56,57)(H,58,59)(H,43,52,54)(H,44,53,55)/p-2/t31?,32?,33-,34-,36-,37-/m1/s1. The quantitative estimate of drug-likeness (QED) is 0.0426. The molecule has 0 aliphatic carbocycles. The molecular formula is C41H64N8O20P2-2. The molecule has 28 nitrogen and oxygen atoms in total. The molecule has 2 fully saturated rings. The van der Waals surface area contributed by atoms with Crippen LogP contribution in [-0.2, 0) is 73.6 Å². The van der Waals surface area contributed by atoms with E-state index < -0.39 is 94.8 Å². The van der Waals surface area contributed by atoms with E-state index in [0.717, 1.165) is 22.0 Å². The number of aliphatic hydroxyl groups excluding tert-OH is 1. The Kier molecular flexibility index (Phi) is 23.6. The second-order valence-electron chi connectivity index (χ2n) is 16.6. The number of carbonyl (C=O) groups is 1. The number of H-pyrrole nitrogens is 2. The lowest BCUT2D eigenvalue weighted by Gasteiger charge is -2.30. The van der Waals surface area contributed by atoms with E-state index in [1.165, 1.54) is 56.4 Å². The van der Waals surface area contributed by atoms with Crippen molar-refractivity contribution >= 4 is 21.6 Å². The largest absolute Gasteiger partial charge is 0.756 e. The summed E-state index contributed by atoms with van der Waals surface area (Å²) in [6, 6.07) is 0. The first-order valence-corrected chi connectivity index (χ1v) is 26.2. The predicted octanol–water partition coefficient (Wildman–Crippen LogP) is -0.654. The molecule has 3 aromatic rings. The Bertz CT molecular complexity index is 2460. The Labute approximate surface area is 407 Å². The maximum Gasteiger partial charge on any atom is 0.330 e. The molecule has 0 saturated carbocycles. The van der Waals surface area contributed by atoms with Crippen molar-refractivity contribution in [1.29, 1.82) is 0 Å². The highest BCUT2D eigenvalue weighted by Gasteiger charge is 2.42. The highest BCUT2D eigenvalue weighted by Crippen LogP contribution is 2.47. The van der Waals surface area contributed by atoms with Gasteiger partial charge in [-0.05, 0) is 20.3 Å². The Morgan fingerprint density at radius 1 is 0.761 bits per heavy atom. The van der Waals surface area contributed by atoms with Crippen molar-refractivity contribution in [1.82, 2.24) is 39.4 Å². The molecule has 3 aromatic heterocycles. The van der Waals surface area contributed by atoms with E-state index in [2.05, 4.69) is 32.5 Å². The SMILES string of the molecule is CCCCCCCNC(=O)CCOCCOCCOCCOCCn1cc(COP(=O)([O-])OC[C@H]2O[C@@H](n3cc(C)c(=O)[nH]c3=O)CC2OP(=O)([O-])OC[C@H]2O[C@@H](n3cc(C)c(=O)[nH]c3=O)CC2O)nn1. The van der Waals surface area contributed by atoms with Crippen LogP contribution in [0.5, 0.6) is 0 Å². The van der Waals surface area contributed by atoms with Crippen LogP contribution >= 0.6 is 15.6 Å². The molecule has 1 amide bonds. The minimum absolute atomic E-state index is 0.0199. The molecule has 8 atom stereocenters. The number of amides is 1. The number of aliphatic hydroxyl groups is 1. The number of carbonyl (C=O) groups excluding carboxylic acids is 1. The normalized spacial score (nSPS) is 21.9. The fraction of sp³-hybridized carbons (Fsp3) is 0.732. The summed E-state index contributed by atoms with van der Waals surface area (Å²) in [5.74, 6) is -0.0199. The van der Waals surface area contributed by atoms with Gasteiger partial charge in [-0.2, -0.15) is 0 Å². The molecule has 5 rings (SSSR count). The van der Waals surface area contributed by atoms with Gasteiger partial charge in [0.1, 0.15) is 37.0 Å². The summed E-state index contributed by atoms with van der Waals surface area (Å²) in [6.07, 6.45) is 1.35. The Morgan fingerprint density at radius 2 is 1.31 bits per heavy atom. The smallest absolute Gasteiger partial charge is 0.330 e. The monoisotopic (exact) mass is 1050 g/mol. The zero-order valence-electron chi connectivity index (χ0n) is 39.9. The number of nitrogens with zero attached hydrogens (tertiary/aromatic N) is 5. The molecule has 4 unspecified atom stereocenters. The second-order valence-corrected chi connectivity index (χ2v) is 19.4. The zero-order chi connectivity index (χ0) is 51.4. The average Bonchev–Trinajstić information content (AvgIpc) is 4.06. The fourth-order valence-corrected chi connectivity index (χ4v) is 8.76. The van der Waals surface area contributed by atoms with Crippen LogP contribution in [0, 0.1) is 13.8 Å². The number of phosphoric ester groups is 2. The molecule has 71 heavy (non-hydrogen) atoms. The molecule has 2 saturated heterocycles. The first-order valence-electron chi connectivity index (χ1n) is 23.3. The third-order valence-electron chi connectivity index (χ3n) is 11.0. The molecular weight excluding hydrogens is 986 g/mol. The highest BCUT2D eigenvalue weighted by atomic mass is 31.2. The van der Waals surface area contributed by atoms with Crippen molar-refractivity contribution in [3.8, 4) is 0 Å². The number of nitrogens with one attached hydrogen (secondary N) is 3. The number of aryl methyl sites for hydroxylation is 2. The minimum atomic E-state index is -5.33. The van der Waals surface area contributed by atoms with Gasteiger partial charge >= 0.3 is 11.4 Å². The topological polar surface area (TPSA) is 362 Å². The molecule has 0 aromatic carbocycles. The van der Waals surface area contributed by atoms with Gasteiger partial charge in [-0.15, -0.1) is 5.10 Å². The van der Waals surface area contributed by atoms with Crippen molar-refractivity contribution in [2.45, 2.75) is 122 Å². The van der Waals surface area contributed by atoms with Crippen molar-refractivity contribution in [3.63, 3.8) is 0 Å². The van der Waals surface area contributed by atoms with Gasteiger partial charge < -0.3 is 66.7 Å². The molecule has 0 radical (unpaired) electrons. The lowest BCUT2D eigenvalue weighted by molar-refractivity contribution is -0.236. The van der Waals surface area contributed by atoms with Gasteiger partial charge in [0.05, 0.1) is 91.0 Å². The first kappa shape index (κ1) is 57.8. The van der Waals surface area contributed by atoms with Gasteiger partial charge in [0.2, 0.25) is 5.91 Å². The Balaban J connectivity index is 0.985. The van der Waals surface area contributed by atoms with E-state index in [-0.39, 0.29) is 55.3 Å². The number of unbranched alkanes of at least 4 members (excludes halogenated alkanes) is 4. The molecule has 0 bridgehead atoms. The van der Waals surface area contributed by atoms with E-state index in [1.54, 1.807) is 0 Å². The zero-order valence-corrected chi connectivity index (χ0v) is 41.7. The van der Waals surface area contributed by atoms with E-state index in [9.17, 15) is 48.0 Å². The van der Waals surface area contributed by atoms with Crippen LogP contribution in [0.2, 0.25) is 0 Å². The molecule has 2 aliphatic rings. The van der Waals surface area contributed by atoms with Gasteiger partial charge in [-0.3, -0.25) is 42.6 Å². The summed E-state index contributed by atoms with van der Waals surface area (Å²) in [6.45, 7) is 6.36. The lowest BCUT2D eigenvalue weighted by atomic mass is 10.1. The van der Waals surface area contributed by atoms with Gasteiger partial charge in [0.25, 0.3) is 26.8 Å². The van der Waals surface area contributed by atoms with Crippen LogP contribution in [0.15, 0.2) is 37.8 Å². The number of hydrogen-bond donors (Lipinski definition) is 4. The van der Waals surface area contributed by atoms with Gasteiger partial charge in [0, 0.05) is 49.3 Å². The number of phosphoric acid groups is 2. The fourth-order valence-electron chi connectivity index (χ4n) is 7.12. The summed E-state index contributed by atoms with van der Waals surface area (Å²) in [4.78, 5) is 90.9. The van der Waals surface area contributed by atoms with E-state index in [0.29, 0.717) is 52.6 Å². The van der Waals surface area contributed by atoms with Crippen molar-refractivity contribution in [2.24, 2.45) is 0 Å². The summed E-state index contributed by atoms with van der Waals surface area (Å²) < 4.78 is 83.2. The maximum atomic E-state index is 13.1. The molecule has 5 heterocycles. The second kappa shape index (κ2) is 29.0. The molecule has 4 N–H and O–H groups in total. The van der Waals surface area contributed by atoms with E-state index in [1.807, 2.05) is 0 Å². The van der Waals surface area contributed by atoms with Crippen LogP contribution in [0.4, 0.5) is 0 Å². The van der Waals surface area contributed by atoms with Crippen LogP contribution in [0.25, 0.3) is 0 Å². The average molecular weight is 1050 g/mol. The third-order valence-corrected chi connectivity index (χ3v) is 12.9. The molecule has 400 valence electrons. The maximum absolute atomic E-state index is 13.1. The highest BCUT2D eigenvalue weighted by molar-refractivity contribution is 7.46. The first-order chi connectivity index (χ1) is 33.9.